The van der Waals surface area contributed by atoms with Gasteiger partial charge < -0.3 is 9.84 Å². The summed E-state index contributed by atoms with van der Waals surface area (Å²) in [5.74, 6) is -1.26. The monoisotopic (exact) mass is 251 g/mol. The van der Waals surface area contributed by atoms with Crippen molar-refractivity contribution in [3.63, 3.8) is 0 Å². The summed E-state index contributed by atoms with van der Waals surface area (Å²) in [6.45, 7) is 0. The molecule has 0 radical (unpaired) electrons. The highest BCUT2D eigenvalue weighted by atomic mass is 35.5. The third-order valence-corrected chi connectivity index (χ3v) is 2.25. The number of nitrogens with zero attached hydrogens (tertiary/aromatic N) is 1. The first-order valence-electron chi connectivity index (χ1n) is 4.18. The van der Waals surface area contributed by atoms with Crippen LogP contribution in [0.4, 0.5) is 8.78 Å². The molecular weight excluding hydrogens is 244 g/mol. The summed E-state index contributed by atoms with van der Waals surface area (Å²) in [5, 5.41) is 8.23. The first-order chi connectivity index (χ1) is 7.47. The fourth-order valence-corrected chi connectivity index (χ4v) is 1.49. The smallest absolute Gasteiger partial charge is 0.309 e. The number of carbonyl (C=O) groups is 1. The summed E-state index contributed by atoms with van der Waals surface area (Å²) in [7, 11) is 1.26. The Hall–Kier alpha value is -1.43. The number of methoxy groups -OCH3 is 1. The van der Waals surface area contributed by atoms with Crippen molar-refractivity contribution >= 4 is 17.6 Å². The van der Waals surface area contributed by atoms with Crippen LogP contribution in [0.1, 0.15) is 17.7 Å². The molecular formula is C9H8ClF2NO3. The fourth-order valence-electron chi connectivity index (χ4n) is 1.17. The van der Waals surface area contributed by atoms with Crippen molar-refractivity contribution in [2.24, 2.45) is 0 Å². The average molecular weight is 252 g/mol. The lowest BCUT2D eigenvalue weighted by molar-refractivity contribution is -0.136. The molecule has 0 unspecified atom stereocenters. The van der Waals surface area contributed by atoms with E-state index in [4.69, 9.17) is 21.4 Å². The molecule has 0 atom stereocenters. The van der Waals surface area contributed by atoms with Crippen LogP contribution in [0.2, 0.25) is 5.02 Å². The topological polar surface area (TPSA) is 59.4 Å². The molecule has 88 valence electrons. The molecule has 1 aromatic heterocycles. The largest absolute Gasteiger partial charge is 0.494 e. The molecule has 0 spiro atoms. The molecule has 1 N–H and O–H groups in total. The van der Waals surface area contributed by atoms with Gasteiger partial charge in [-0.2, -0.15) is 0 Å². The highest BCUT2D eigenvalue weighted by Gasteiger charge is 2.22. The van der Waals surface area contributed by atoms with Crippen LogP contribution in [-0.4, -0.2) is 23.2 Å². The van der Waals surface area contributed by atoms with E-state index in [1.54, 1.807) is 0 Å². The van der Waals surface area contributed by atoms with Crippen molar-refractivity contribution in [3.05, 3.63) is 22.5 Å². The van der Waals surface area contributed by atoms with Crippen molar-refractivity contribution in [2.45, 2.75) is 12.8 Å². The Bertz CT molecular complexity index is 412. The predicted molar refractivity (Wildman–Crippen MR) is 52.1 cm³/mol. The zero-order valence-electron chi connectivity index (χ0n) is 8.21. The minimum atomic E-state index is -2.90. The van der Waals surface area contributed by atoms with E-state index in [0.717, 1.165) is 6.20 Å². The quantitative estimate of drug-likeness (QED) is 0.892. The van der Waals surface area contributed by atoms with Crippen molar-refractivity contribution in [2.75, 3.05) is 7.11 Å². The number of carboxylic acids is 1. The molecule has 0 saturated heterocycles. The molecule has 0 amide bonds. The van der Waals surface area contributed by atoms with Gasteiger partial charge in [-0.3, -0.25) is 9.78 Å². The standard InChI is InChI=1S/C9H8ClF2NO3/c1-16-5-3-13-4(2-6(14)15)7(8(5)10)9(11)12/h3,9H,2H2,1H3,(H,14,15). The molecule has 4 nitrogen and oxygen atoms in total. The molecule has 0 aliphatic carbocycles. The highest BCUT2D eigenvalue weighted by Crippen LogP contribution is 2.35. The van der Waals surface area contributed by atoms with Crippen LogP contribution in [0.25, 0.3) is 0 Å². The molecule has 0 bridgehead atoms. The van der Waals surface area contributed by atoms with E-state index in [2.05, 4.69) is 4.98 Å². The maximum absolute atomic E-state index is 12.7. The van der Waals surface area contributed by atoms with E-state index < -0.39 is 24.4 Å². The number of hydrogen-bond donors (Lipinski definition) is 1. The number of carboxylic acid groups (broad SMARTS) is 1. The van der Waals surface area contributed by atoms with Gasteiger partial charge in [0.15, 0.2) is 5.75 Å². The van der Waals surface area contributed by atoms with E-state index in [-0.39, 0.29) is 16.5 Å². The van der Waals surface area contributed by atoms with E-state index in [1.165, 1.54) is 7.11 Å². The number of ether oxygens (including phenoxy) is 1. The van der Waals surface area contributed by atoms with E-state index in [9.17, 15) is 13.6 Å². The van der Waals surface area contributed by atoms with Gasteiger partial charge in [-0.1, -0.05) is 11.6 Å². The minimum absolute atomic E-state index is 0.00824. The van der Waals surface area contributed by atoms with E-state index in [0.29, 0.717) is 0 Å². The van der Waals surface area contributed by atoms with Crippen LogP contribution in [0, 0.1) is 0 Å². The molecule has 1 rings (SSSR count). The third kappa shape index (κ3) is 2.57. The lowest BCUT2D eigenvalue weighted by Gasteiger charge is -2.11. The molecule has 16 heavy (non-hydrogen) atoms. The van der Waals surface area contributed by atoms with Crippen LogP contribution in [0.3, 0.4) is 0 Å². The summed E-state index contributed by atoms with van der Waals surface area (Å²) in [6, 6.07) is 0. The molecule has 7 heteroatoms. The van der Waals surface area contributed by atoms with Gasteiger partial charge in [-0.25, -0.2) is 8.78 Å². The van der Waals surface area contributed by atoms with Crippen LogP contribution in [0.5, 0.6) is 5.75 Å². The lowest BCUT2D eigenvalue weighted by atomic mass is 10.1. The third-order valence-electron chi connectivity index (χ3n) is 1.86. The average Bonchev–Trinajstić information content (AvgIpc) is 2.16. The van der Waals surface area contributed by atoms with Gasteiger partial charge in [0, 0.05) is 0 Å². The Kier molecular flexibility index (Phi) is 4.00. The number of hydrogen-bond acceptors (Lipinski definition) is 3. The van der Waals surface area contributed by atoms with Crippen LogP contribution < -0.4 is 4.74 Å². The van der Waals surface area contributed by atoms with Gasteiger partial charge in [0.1, 0.15) is 0 Å². The number of alkyl halides is 2. The first kappa shape index (κ1) is 12.6. The van der Waals surface area contributed by atoms with Gasteiger partial charge in [0.2, 0.25) is 0 Å². The molecule has 0 aliphatic heterocycles. The van der Waals surface area contributed by atoms with Crippen LogP contribution in [0.15, 0.2) is 6.20 Å². The SMILES string of the molecule is COc1cnc(CC(=O)O)c(C(F)F)c1Cl. The van der Waals surface area contributed by atoms with Gasteiger partial charge >= 0.3 is 5.97 Å². The summed E-state index contributed by atoms with van der Waals surface area (Å²) in [5.41, 5.74) is -0.850. The molecule has 1 aromatic rings. The molecule has 0 saturated carbocycles. The predicted octanol–water partition coefficient (Wildman–Crippen LogP) is 2.31. The Morgan fingerprint density at radius 2 is 2.31 bits per heavy atom. The van der Waals surface area contributed by atoms with Crippen molar-refractivity contribution in [1.82, 2.24) is 4.98 Å². The van der Waals surface area contributed by atoms with Gasteiger partial charge in [-0.05, 0) is 0 Å². The van der Waals surface area contributed by atoms with Crippen molar-refractivity contribution in [1.29, 1.82) is 0 Å². The second-order valence-corrected chi connectivity index (χ2v) is 3.25. The fraction of sp³-hybridized carbons (Fsp3) is 0.333. The second kappa shape index (κ2) is 5.07. The lowest BCUT2D eigenvalue weighted by Crippen LogP contribution is -2.07. The zero-order chi connectivity index (χ0) is 12.3. The molecule has 0 aliphatic rings. The number of halogens is 3. The van der Waals surface area contributed by atoms with Gasteiger partial charge in [0.05, 0.1) is 36.0 Å². The summed E-state index contributed by atoms with van der Waals surface area (Å²) >= 11 is 5.65. The van der Waals surface area contributed by atoms with Crippen molar-refractivity contribution < 1.29 is 23.4 Å². The zero-order valence-corrected chi connectivity index (χ0v) is 8.96. The molecule has 0 fully saturated rings. The normalized spacial score (nSPS) is 10.6. The van der Waals surface area contributed by atoms with Crippen molar-refractivity contribution in [3.8, 4) is 5.75 Å². The Labute approximate surface area is 94.8 Å². The minimum Gasteiger partial charge on any atom is -0.494 e. The second-order valence-electron chi connectivity index (χ2n) is 2.87. The molecule has 1 heterocycles. The van der Waals surface area contributed by atoms with Crippen LogP contribution >= 0.6 is 11.6 Å². The summed E-state index contributed by atoms with van der Waals surface area (Å²) in [6.07, 6.45) is -2.39. The van der Waals surface area contributed by atoms with E-state index >= 15 is 0 Å². The van der Waals surface area contributed by atoms with Gasteiger partial charge in [-0.15, -0.1) is 0 Å². The Balaban J connectivity index is 3.28. The molecule has 0 aromatic carbocycles. The first-order valence-corrected chi connectivity index (χ1v) is 4.56. The highest BCUT2D eigenvalue weighted by molar-refractivity contribution is 6.32. The maximum Gasteiger partial charge on any atom is 0.309 e. The number of aromatic nitrogens is 1. The number of rotatable bonds is 4. The van der Waals surface area contributed by atoms with E-state index in [1.807, 2.05) is 0 Å². The van der Waals surface area contributed by atoms with Gasteiger partial charge in [0.25, 0.3) is 6.43 Å². The number of aliphatic carboxylic acids is 1. The summed E-state index contributed by atoms with van der Waals surface area (Å²) < 4.78 is 30.1. The maximum atomic E-state index is 12.7. The summed E-state index contributed by atoms with van der Waals surface area (Å²) in [4.78, 5) is 14.1. The van der Waals surface area contributed by atoms with Crippen LogP contribution in [-0.2, 0) is 11.2 Å². The Morgan fingerprint density at radius 3 is 2.75 bits per heavy atom. The Morgan fingerprint density at radius 1 is 1.69 bits per heavy atom. The number of pyridine rings is 1.